The van der Waals surface area contributed by atoms with Gasteiger partial charge in [-0.15, -0.1) is 0 Å². The van der Waals surface area contributed by atoms with E-state index in [9.17, 15) is 18.0 Å². The van der Waals surface area contributed by atoms with Crippen LogP contribution < -0.4 is 19.1 Å². The zero-order chi connectivity index (χ0) is 21.0. The van der Waals surface area contributed by atoms with Gasteiger partial charge < -0.3 is 14.8 Å². The van der Waals surface area contributed by atoms with E-state index in [1.807, 2.05) is 0 Å². The Hall–Kier alpha value is -2.78. The summed E-state index contributed by atoms with van der Waals surface area (Å²) in [6.45, 7) is 0.482. The van der Waals surface area contributed by atoms with Gasteiger partial charge in [0.1, 0.15) is 18.1 Å². The summed E-state index contributed by atoms with van der Waals surface area (Å²) >= 11 is 6.14. The van der Waals surface area contributed by atoms with Crippen LogP contribution in [0.3, 0.4) is 0 Å². The summed E-state index contributed by atoms with van der Waals surface area (Å²) in [5.74, 6) is 0.162. The van der Waals surface area contributed by atoms with Gasteiger partial charge in [0.15, 0.2) is 0 Å². The number of amides is 2. The first-order chi connectivity index (χ1) is 13.8. The van der Waals surface area contributed by atoms with Gasteiger partial charge in [-0.3, -0.25) is 9.59 Å². The third-order valence-corrected chi connectivity index (χ3v) is 6.23. The van der Waals surface area contributed by atoms with Crippen molar-refractivity contribution in [2.24, 2.45) is 0 Å². The predicted octanol–water partition coefficient (Wildman–Crippen LogP) is 2.22. The molecular formula is C19H19ClN2O6S. The van der Waals surface area contributed by atoms with Crippen LogP contribution in [0.25, 0.3) is 0 Å². The van der Waals surface area contributed by atoms with Crippen LogP contribution >= 0.6 is 11.6 Å². The van der Waals surface area contributed by atoms with Gasteiger partial charge in [-0.2, -0.15) is 0 Å². The van der Waals surface area contributed by atoms with Crippen LogP contribution in [0.1, 0.15) is 16.8 Å². The molecule has 0 unspecified atom stereocenters. The van der Waals surface area contributed by atoms with Gasteiger partial charge in [0.2, 0.25) is 15.9 Å². The van der Waals surface area contributed by atoms with Gasteiger partial charge in [-0.05, 0) is 42.5 Å². The molecule has 1 N–H and O–H groups in total. The Labute approximate surface area is 173 Å². The average molecular weight is 439 g/mol. The smallest absolute Gasteiger partial charge is 0.252 e. The largest absolute Gasteiger partial charge is 0.497 e. The molecule has 0 atom stereocenters. The summed E-state index contributed by atoms with van der Waals surface area (Å²) in [7, 11) is -2.11. The van der Waals surface area contributed by atoms with Crippen LogP contribution in [0.15, 0.2) is 42.5 Å². The summed E-state index contributed by atoms with van der Waals surface area (Å²) in [5, 5.41) is 2.72. The lowest BCUT2D eigenvalue weighted by atomic mass is 10.2. The topological polar surface area (TPSA) is 102 Å². The highest BCUT2D eigenvalue weighted by Gasteiger charge is 2.36. The maximum absolute atomic E-state index is 12.3. The van der Waals surface area contributed by atoms with Crippen molar-refractivity contribution in [3.63, 3.8) is 0 Å². The minimum absolute atomic E-state index is 0.0472. The molecule has 10 heteroatoms. The van der Waals surface area contributed by atoms with Crippen LogP contribution in [0.2, 0.25) is 5.02 Å². The molecule has 0 bridgehead atoms. The number of carbonyl (C=O) groups excluding carboxylic acids is 2. The first-order valence-corrected chi connectivity index (χ1v) is 10.7. The zero-order valence-corrected chi connectivity index (χ0v) is 17.1. The highest BCUT2D eigenvalue weighted by atomic mass is 35.5. The molecule has 0 aliphatic carbocycles. The number of methoxy groups -OCH3 is 1. The molecule has 1 heterocycles. The number of nitrogens with zero attached hydrogens (tertiary/aromatic N) is 1. The lowest BCUT2D eigenvalue weighted by Gasteiger charge is -2.16. The van der Waals surface area contributed by atoms with E-state index in [0.717, 1.165) is 4.31 Å². The Balaban J connectivity index is 1.57. The predicted molar refractivity (Wildman–Crippen MR) is 108 cm³/mol. The first-order valence-electron chi connectivity index (χ1n) is 8.72. The molecule has 0 aromatic heterocycles. The van der Waals surface area contributed by atoms with Crippen molar-refractivity contribution in [3.8, 4) is 11.5 Å². The van der Waals surface area contributed by atoms with Gasteiger partial charge in [0.05, 0.1) is 35.7 Å². The number of sulfonamides is 1. The van der Waals surface area contributed by atoms with Crippen molar-refractivity contribution >= 4 is 39.1 Å². The zero-order valence-electron chi connectivity index (χ0n) is 15.6. The summed E-state index contributed by atoms with van der Waals surface area (Å²) in [4.78, 5) is 24.2. The summed E-state index contributed by atoms with van der Waals surface area (Å²) in [5.41, 5.74) is 0.292. The van der Waals surface area contributed by atoms with E-state index >= 15 is 0 Å². The molecule has 1 aliphatic rings. The summed E-state index contributed by atoms with van der Waals surface area (Å²) in [6.07, 6.45) is -0.0730. The second kappa shape index (κ2) is 8.71. The third-order valence-electron chi connectivity index (χ3n) is 4.23. The Morgan fingerprint density at radius 2 is 1.86 bits per heavy atom. The van der Waals surface area contributed by atoms with E-state index in [-0.39, 0.29) is 41.6 Å². The van der Waals surface area contributed by atoms with Gasteiger partial charge in [0, 0.05) is 6.42 Å². The number of halogens is 1. The molecule has 0 radical (unpaired) electrons. The molecule has 1 aliphatic heterocycles. The monoisotopic (exact) mass is 438 g/mol. The van der Waals surface area contributed by atoms with E-state index in [4.69, 9.17) is 21.1 Å². The summed E-state index contributed by atoms with van der Waals surface area (Å²) in [6, 6.07) is 11.1. The normalized spacial score (nSPS) is 15.2. The summed E-state index contributed by atoms with van der Waals surface area (Å²) < 4.78 is 35.3. The molecule has 8 nitrogen and oxygen atoms in total. The number of benzene rings is 2. The molecule has 3 rings (SSSR count). The van der Waals surface area contributed by atoms with E-state index in [0.29, 0.717) is 11.5 Å². The molecule has 1 saturated heterocycles. The Morgan fingerprint density at radius 3 is 2.45 bits per heavy atom. The Bertz CT molecular complexity index is 1020. The number of ether oxygens (including phenoxy) is 2. The lowest BCUT2D eigenvalue weighted by Crippen LogP contribution is -2.30. The van der Waals surface area contributed by atoms with Crippen LogP contribution in [0.5, 0.6) is 11.5 Å². The fourth-order valence-corrected chi connectivity index (χ4v) is 4.50. The standard InChI is InChI=1S/C19H19ClN2O6S/c1-27-14-3-5-15(6-4-14)28-10-9-21-19(24)16-7-2-13(12-17(16)20)22-18(23)8-11-29(22,25)26/h2-7,12H,8-11H2,1H3,(H,21,24). The maximum atomic E-state index is 12.3. The van der Waals surface area contributed by atoms with Crippen LogP contribution in [0, 0.1) is 0 Å². The molecule has 29 heavy (non-hydrogen) atoms. The number of rotatable bonds is 7. The van der Waals surface area contributed by atoms with Crippen molar-refractivity contribution in [2.75, 3.05) is 30.3 Å². The number of nitrogens with one attached hydrogen (secondary N) is 1. The fraction of sp³-hybridized carbons (Fsp3) is 0.263. The van der Waals surface area contributed by atoms with Crippen molar-refractivity contribution in [3.05, 3.63) is 53.1 Å². The number of hydrogen-bond acceptors (Lipinski definition) is 6. The van der Waals surface area contributed by atoms with Crippen molar-refractivity contribution < 1.29 is 27.5 Å². The lowest BCUT2D eigenvalue weighted by molar-refractivity contribution is -0.116. The maximum Gasteiger partial charge on any atom is 0.252 e. The second-order valence-corrected chi connectivity index (χ2v) is 8.51. The molecule has 1 fully saturated rings. The Morgan fingerprint density at radius 1 is 1.17 bits per heavy atom. The highest BCUT2D eigenvalue weighted by molar-refractivity contribution is 7.94. The first kappa shape index (κ1) is 20.9. The molecule has 0 spiro atoms. The third kappa shape index (κ3) is 4.80. The van der Waals surface area contributed by atoms with E-state index in [1.165, 1.54) is 18.2 Å². The second-order valence-electron chi connectivity index (χ2n) is 6.17. The average Bonchev–Trinajstić information content (AvgIpc) is 2.97. The van der Waals surface area contributed by atoms with Gasteiger partial charge in [0.25, 0.3) is 5.91 Å². The van der Waals surface area contributed by atoms with Crippen LogP contribution in [0.4, 0.5) is 5.69 Å². The van der Waals surface area contributed by atoms with Gasteiger partial charge >= 0.3 is 0 Å². The fourth-order valence-electron chi connectivity index (χ4n) is 2.78. The van der Waals surface area contributed by atoms with E-state index in [1.54, 1.807) is 31.4 Å². The minimum Gasteiger partial charge on any atom is -0.497 e. The Kier molecular flexibility index (Phi) is 6.29. The molecule has 154 valence electrons. The molecule has 2 aromatic carbocycles. The highest BCUT2D eigenvalue weighted by Crippen LogP contribution is 2.29. The van der Waals surface area contributed by atoms with E-state index in [2.05, 4.69) is 5.32 Å². The van der Waals surface area contributed by atoms with Gasteiger partial charge in [-0.25, -0.2) is 12.7 Å². The van der Waals surface area contributed by atoms with Gasteiger partial charge in [-0.1, -0.05) is 11.6 Å². The molecule has 0 saturated carbocycles. The van der Waals surface area contributed by atoms with E-state index < -0.39 is 21.8 Å². The number of anilines is 1. The van der Waals surface area contributed by atoms with Crippen molar-refractivity contribution in [1.82, 2.24) is 5.32 Å². The number of hydrogen-bond donors (Lipinski definition) is 1. The van der Waals surface area contributed by atoms with Crippen LogP contribution in [-0.4, -0.2) is 46.2 Å². The minimum atomic E-state index is -3.69. The number of carbonyl (C=O) groups is 2. The SMILES string of the molecule is COc1ccc(OCCNC(=O)c2ccc(N3C(=O)CCS3(=O)=O)cc2Cl)cc1. The van der Waals surface area contributed by atoms with Crippen molar-refractivity contribution in [2.45, 2.75) is 6.42 Å². The molecule has 2 amide bonds. The van der Waals surface area contributed by atoms with Crippen LogP contribution in [-0.2, 0) is 14.8 Å². The quantitative estimate of drug-likeness (QED) is 0.665. The van der Waals surface area contributed by atoms with Crippen molar-refractivity contribution in [1.29, 1.82) is 0 Å². The molecule has 2 aromatic rings. The molecular weight excluding hydrogens is 420 g/mol.